The van der Waals surface area contributed by atoms with E-state index in [1.54, 1.807) is 12.1 Å². The second-order valence-electron chi connectivity index (χ2n) is 4.69. The smallest absolute Gasteiger partial charge is 0.355 e. The Bertz CT molecular complexity index is 918. The molecular formula is C15H10BrN3O3S. The van der Waals surface area contributed by atoms with Crippen LogP contribution in [0.2, 0.25) is 0 Å². The molecule has 2 aromatic heterocycles. The van der Waals surface area contributed by atoms with Crippen LogP contribution in [0.25, 0.3) is 22.2 Å². The summed E-state index contributed by atoms with van der Waals surface area (Å²) in [5, 5.41) is 10.2. The van der Waals surface area contributed by atoms with Gasteiger partial charge in [-0.3, -0.25) is 0 Å². The normalized spacial score (nSPS) is 12.3. The Hall–Kier alpha value is -2.03. The molecule has 0 fully saturated rings. The van der Waals surface area contributed by atoms with E-state index in [4.69, 9.17) is 0 Å². The zero-order valence-electron chi connectivity index (χ0n) is 11.9. The number of carboxylic acids is 1. The first-order valence-corrected chi connectivity index (χ1v) is 8.82. The first-order valence-electron chi connectivity index (χ1n) is 6.47. The molecule has 0 spiro atoms. The van der Waals surface area contributed by atoms with Gasteiger partial charge in [0.2, 0.25) is 0 Å². The van der Waals surface area contributed by atoms with Crippen molar-refractivity contribution in [2.24, 2.45) is 0 Å². The van der Waals surface area contributed by atoms with E-state index < -0.39 is 17.1 Å². The summed E-state index contributed by atoms with van der Waals surface area (Å²) >= 11 is 2.05. The summed E-state index contributed by atoms with van der Waals surface area (Å²) in [5.41, 5.74) is 1.27. The molecule has 116 valence electrons. The summed E-state index contributed by atoms with van der Waals surface area (Å²) in [6.45, 7) is 0. The Labute approximate surface area is 142 Å². The molecule has 1 unspecified atom stereocenters. The first kappa shape index (κ1) is 15.9. The Balaban J connectivity index is 2.30. The summed E-state index contributed by atoms with van der Waals surface area (Å²) < 4.78 is 12.2. The molecule has 0 amide bonds. The van der Waals surface area contributed by atoms with Crippen molar-refractivity contribution in [3.8, 4) is 11.1 Å². The van der Waals surface area contributed by atoms with Gasteiger partial charge in [0.05, 0.1) is 0 Å². The number of hydrogen-bond acceptors (Lipinski definition) is 5. The van der Waals surface area contributed by atoms with Crippen LogP contribution in [0.4, 0.5) is 0 Å². The third kappa shape index (κ3) is 3.05. The number of aromatic nitrogens is 3. The van der Waals surface area contributed by atoms with E-state index in [1.165, 1.54) is 12.5 Å². The Morgan fingerprint density at radius 1 is 1.26 bits per heavy atom. The molecule has 1 atom stereocenters. The van der Waals surface area contributed by atoms with Crippen molar-refractivity contribution >= 4 is 44.1 Å². The number of aromatic carboxylic acids is 1. The molecule has 3 rings (SSSR count). The largest absolute Gasteiger partial charge is 0.609 e. The zero-order valence-corrected chi connectivity index (χ0v) is 14.3. The molecule has 1 N–H and O–H groups in total. The van der Waals surface area contributed by atoms with Crippen LogP contribution < -0.4 is 0 Å². The predicted molar refractivity (Wildman–Crippen MR) is 89.8 cm³/mol. The van der Waals surface area contributed by atoms with Crippen LogP contribution in [0.5, 0.6) is 0 Å². The Morgan fingerprint density at radius 3 is 2.65 bits per heavy atom. The van der Waals surface area contributed by atoms with E-state index in [1.807, 2.05) is 18.2 Å². The van der Waals surface area contributed by atoms with Crippen molar-refractivity contribution in [3.63, 3.8) is 0 Å². The van der Waals surface area contributed by atoms with Crippen LogP contribution in [0, 0.1) is 0 Å². The number of carbonyl (C=O) groups is 1. The van der Waals surface area contributed by atoms with Gasteiger partial charge in [0.25, 0.3) is 0 Å². The minimum atomic E-state index is -1.36. The molecule has 3 aromatic rings. The maximum atomic E-state index is 11.6. The van der Waals surface area contributed by atoms with Gasteiger partial charge in [-0.15, -0.1) is 0 Å². The Morgan fingerprint density at radius 2 is 2.00 bits per heavy atom. The number of pyridine rings is 1. The predicted octanol–water partition coefficient (Wildman–Crippen LogP) is 2.89. The lowest BCUT2D eigenvalue weighted by Gasteiger charge is -2.10. The lowest BCUT2D eigenvalue weighted by molar-refractivity contribution is 0.0692. The molecule has 0 aliphatic carbocycles. The fourth-order valence-corrected chi connectivity index (χ4v) is 3.05. The molecule has 0 radical (unpaired) electrons. The molecular weight excluding hydrogens is 382 g/mol. The van der Waals surface area contributed by atoms with E-state index in [-0.39, 0.29) is 16.5 Å². The second kappa shape index (κ2) is 6.23. The highest BCUT2D eigenvalue weighted by Gasteiger charge is 2.19. The molecule has 0 aliphatic heterocycles. The molecule has 0 bridgehead atoms. The van der Waals surface area contributed by atoms with Gasteiger partial charge in [0.1, 0.15) is 6.26 Å². The summed E-state index contributed by atoms with van der Waals surface area (Å²) in [5.74, 6) is -1.16. The van der Waals surface area contributed by atoms with Crippen LogP contribution in [-0.4, -0.2) is 36.8 Å². The molecule has 0 saturated carbocycles. The highest BCUT2D eigenvalue weighted by atomic mass is 79.9. The molecule has 6 nitrogen and oxygen atoms in total. The highest BCUT2D eigenvalue weighted by Crippen LogP contribution is 2.31. The lowest BCUT2D eigenvalue weighted by Crippen LogP contribution is -2.08. The Kier molecular flexibility index (Phi) is 4.29. The fourth-order valence-electron chi connectivity index (χ4n) is 2.13. The third-order valence-electron chi connectivity index (χ3n) is 3.17. The van der Waals surface area contributed by atoms with Crippen molar-refractivity contribution < 1.29 is 14.5 Å². The van der Waals surface area contributed by atoms with Crippen LogP contribution in [0.1, 0.15) is 10.5 Å². The van der Waals surface area contributed by atoms with Gasteiger partial charge in [0, 0.05) is 32.8 Å². The van der Waals surface area contributed by atoms with Gasteiger partial charge in [-0.25, -0.2) is 9.78 Å². The number of halogens is 1. The summed E-state index contributed by atoms with van der Waals surface area (Å²) in [4.78, 5) is 23.8. The average molecular weight is 392 g/mol. The first-order chi connectivity index (χ1) is 11.0. The summed E-state index contributed by atoms with van der Waals surface area (Å²) in [7, 11) is 0. The SMILES string of the molecule is C[S+]([O-])c1ncc2cc(-c3ccccc3Br)c(C(=O)O)nc2n1. The standard InChI is InChI=1S/C15H10BrN3O3S/c1-23(22)15-17-7-8-6-10(9-4-2-3-5-11(9)16)12(14(20)21)18-13(8)19-15/h2-7H,1H3,(H,20,21). The quantitative estimate of drug-likeness (QED) is 0.544. The van der Waals surface area contributed by atoms with Crippen LogP contribution >= 0.6 is 15.9 Å². The lowest BCUT2D eigenvalue weighted by atomic mass is 10.0. The van der Waals surface area contributed by atoms with Crippen molar-refractivity contribution in [2.45, 2.75) is 5.16 Å². The van der Waals surface area contributed by atoms with Gasteiger partial charge in [-0.1, -0.05) is 34.1 Å². The second-order valence-corrected chi connectivity index (χ2v) is 6.82. The summed E-state index contributed by atoms with van der Waals surface area (Å²) in [6, 6.07) is 8.96. The molecule has 2 heterocycles. The zero-order chi connectivity index (χ0) is 16.6. The number of hydrogen-bond donors (Lipinski definition) is 1. The molecule has 0 aliphatic rings. The third-order valence-corrected chi connectivity index (χ3v) is 4.57. The van der Waals surface area contributed by atoms with Crippen molar-refractivity contribution in [1.82, 2.24) is 15.0 Å². The number of benzene rings is 1. The molecule has 8 heteroatoms. The van der Waals surface area contributed by atoms with Crippen molar-refractivity contribution in [1.29, 1.82) is 0 Å². The van der Waals surface area contributed by atoms with Gasteiger partial charge >= 0.3 is 11.1 Å². The topological polar surface area (TPSA) is 99.0 Å². The van der Waals surface area contributed by atoms with Gasteiger partial charge in [-0.2, -0.15) is 9.97 Å². The fraction of sp³-hybridized carbons (Fsp3) is 0.0667. The maximum absolute atomic E-state index is 11.6. The molecule has 0 saturated heterocycles. The minimum absolute atomic E-state index is 0.115. The van der Waals surface area contributed by atoms with Gasteiger partial charge in [0.15, 0.2) is 11.3 Å². The van der Waals surface area contributed by atoms with E-state index in [0.717, 1.165) is 4.47 Å². The van der Waals surface area contributed by atoms with E-state index in [9.17, 15) is 14.5 Å². The monoisotopic (exact) mass is 391 g/mol. The van der Waals surface area contributed by atoms with Crippen molar-refractivity contribution in [2.75, 3.05) is 6.26 Å². The maximum Gasteiger partial charge on any atom is 0.355 e. The minimum Gasteiger partial charge on any atom is -0.609 e. The van der Waals surface area contributed by atoms with E-state index >= 15 is 0 Å². The number of fused-ring (bicyclic) bond motifs is 1. The van der Waals surface area contributed by atoms with Gasteiger partial charge < -0.3 is 9.66 Å². The number of rotatable bonds is 3. The van der Waals surface area contributed by atoms with E-state index in [2.05, 4.69) is 30.9 Å². The van der Waals surface area contributed by atoms with Crippen LogP contribution in [0.3, 0.4) is 0 Å². The average Bonchev–Trinajstić information content (AvgIpc) is 2.53. The number of nitrogens with zero attached hydrogens (tertiary/aromatic N) is 3. The highest BCUT2D eigenvalue weighted by molar-refractivity contribution is 9.10. The number of carboxylic acid groups (broad SMARTS) is 1. The summed E-state index contributed by atoms with van der Waals surface area (Å²) in [6.07, 6.45) is 2.95. The van der Waals surface area contributed by atoms with E-state index in [0.29, 0.717) is 16.5 Å². The van der Waals surface area contributed by atoms with Gasteiger partial charge in [-0.05, 0) is 17.7 Å². The van der Waals surface area contributed by atoms with Crippen molar-refractivity contribution in [3.05, 3.63) is 46.7 Å². The molecule has 23 heavy (non-hydrogen) atoms. The molecule has 1 aromatic carbocycles. The van der Waals surface area contributed by atoms with Crippen LogP contribution in [0.15, 0.2) is 46.2 Å². The van der Waals surface area contributed by atoms with Crippen LogP contribution in [-0.2, 0) is 11.2 Å².